The van der Waals surface area contributed by atoms with E-state index in [0.717, 1.165) is 26.2 Å². The summed E-state index contributed by atoms with van der Waals surface area (Å²) in [6, 6.07) is 0. The highest BCUT2D eigenvalue weighted by Gasteiger charge is 2.27. The third kappa shape index (κ3) is 5.50. The van der Waals surface area contributed by atoms with Gasteiger partial charge in [0.05, 0.1) is 0 Å². The molecule has 2 saturated heterocycles. The molecule has 0 unspecified atom stereocenters. The number of carbonyl (C=O) groups is 2. The van der Waals surface area contributed by atoms with Gasteiger partial charge in [0.1, 0.15) is 0 Å². The van der Waals surface area contributed by atoms with Crippen LogP contribution in [0.4, 0.5) is 0 Å². The van der Waals surface area contributed by atoms with E-state index >= 15 is 0 Å². The minimum absolute atomic E-state index is 0.233. The van der Waals surface area contributed by atoms with E-state index in [1.54, 1.807) is 0 Å². The minimum Gasteiger partial charge on any atom is -0.342 e. The lowest BCUT2D eigenvalue weighted by molar-refractivity contribution is -0.135. The molecule has 2 rings (SSSR count). The molecule has 2 fully saturated rings. The van der Waals surface area contributed by atoms with Crippen LogP contribution in [-0.4, -0.2) is 47.8 Å². The van der Waals surface area contributed by atoms with E-state index in [2.05, 4.69) is 27.7 Å². The van der Waals surface area contributed by atoms with Crippen LogP contribution in [0.3, 0.4) is 0 Å². The Kier molecular flexibility index (Phi) is 6.49. The molecule has 0 N–H and O–H groups in total. The number of amides is 2. The van der Waals surface area contributed by atoms with Crippen molar-refractivity contribution in [3.63, 3.8) is 0 Å². The van der Waals surface area contributed by atoms with Gasteiger partial charge in [0.15, 0.2) is 0 Å². The van der Waals surface area contributed by atoms with Gasteiger partial charge in [0.25, 0.3) is 0 Å². The highest BCUT2D eigenvalue weighted by atomic mass is 16.2. The van der Waals surface area contributed by atoms with Gasteiger partial charge in [0.2, 0.25) is 11.8 Å². The summed E-state index contributed by atoms with van der Waals surface area (Å²) in [5.74, 6) is 2.86. The SMILES string of the molecule is C[C@@H]1C[C@H](C)CN(C(=O)CCCC(=O)N2C[C@@H](C)C[C@H](C)C2)C1. The Morgan fingerprint density at radius 1 is 0.696 bits per heavy atom. The summed E-state index contributed by atoms with van der Waals surface area (Å²) in [5.41, 5.74) is 0. The number of rotatable bonds is 4. The standard InChI is InChI=1S/C19H34N2O2/c1-14-8-15(2)11-20(10-14)18(22)6-5-7-19(23)21-12-16(3)9-17(4)13-21/h14-17H,5-13H2,1-4H3/t14-,15-,16-,17+/m0/s1. The van der Waals surface area contributed by atoms with Crippen molar-refractivity contribution in [2.24, 2.45) is 23.7 Å². The van der Waals surface area contributed by atoms with Crippen molar-refractivity contribution in [2.75, 3.05) is 26.2 Å². The molecule has 4 atom stereocenters. The molecule has 2 aliphatic rings. The van der Waals surface area contributed by atoms with Crippen LogP contribution < -0.4 is 0 Å². The van der Waals surface area contributed by atoms with Gasteiger partial charge in [0, 0.05) is 39.0 Å². The first-order valence-electron chi connectivity index (χ1n) is 9.40. The van der Waals surface area contributed by atoms with Crippen LogP contribution in [0.2, 0.25) is 0 Å². The van der Waals surface area contributed by atoms with Gasteiger partial charge in [-0.3, -0.25) is 9.59 Å². The Morgan fingerprint density at radius 3 is 1.30 bits per heavy atom. The largest absolute Gasteiger partial charge is 0.342 e. The van der Waals surface area contributed by atoms with Crippen molar-refractivity contribution in [1.29, 1.82) is 0 Å². The summed E-state index contributed by atoms with van der Waals surface area (Å²) in [6.07, 6.45) is 4.16. The summed E-state index contributed by atoms with van der Waals surface area (Å²) in [4.78, 5) is 28.7. The molecule has 0 bridgehead atoms. The van der Waals surface area contributed by atoms with Crippen LogP contribution in [-0.2, 0) is 9.59 Å². The smallest absolute Gasteiger partial charge is 0.222 e. The molecule has 0 aliphatic carbocycles. The van der Waals surface area contributed by atoms with Crippen LogP contribution in [0.15, 0.2) is 0 Å². The zero-order valence-electron chi connectivity index (χ0n) is 15.4. The van der Waals surface area contributed by atoms with Crippen LogP contribution in [0.1, 0.15) is 59.8 Å². The molecule has 0 saturated carbocycles. The van der Waals surface area contributed by atoms with Crippen LogP contribution in [0.5, 0.6) is 0 Å². The quantitative estimate of drug-likeness (QED) is 0.797. The van der Waals surface area contributed by atoms with Crippen molar-refractivity contribution in [1.82, 2.24) is 9.80 Å². The Labute approximate surface area is 141 Å². The lowest BCUT2D eigenvalue weighted by Gasteiger charge is -2.36. The normalized spacial score (nSPS) is 32.0. The first-order valence-corrected chi connectivity index (χ1v) is 9.40. The Bertz CT molecular complexity index is 366. The molecular formula is C19H34N2O2. The number of likely N-dealkylation sites (tertiary alicyclic amines) is 2. The van der Waals surface area contributed by atoms with E-state index in [1.807, 2.05) is 9.80 Å². The lowest BCUT2D eigenvalue weighted by Crippen LogP contribution is -2.43. The maximum atomic E-state index is 12.4. The predicted molar refractivity (Wildman–Crippen MR) is 92.9 cm³/mol. The molecule has 0 radical (unpaired) electrons. The predicted octanol–water partition coefficient (Wildman–Crippen LogP) is 3.17. The second kappa shape index (κ2) is 8.16. The monoisotopic (exact) mass is 322 g/mol. The Hall–Kier alpha value is -1.06. The molecule has 0 aromatic rings. The van der Waals surface area contributed by atoms with Crippen molar-refractivity contribution in [3.8, 4) is 0 Å². The summed E-state index contributed by atoms with van der Waals surface area (Å²) >= 11 is 0. The minimum atomic E-state index is 0.233. The van der Waals surface area contributed by atoms with Gasteiger partial charge in [-0.15, -0.1) is 0 Å². The highest BCUT2D eigenvalue weighted by molar-refractivity contribution is 5.79. The number of hydrogen-bond acceptors (Lipinski definition) is 2. The third-order valence-corrected chi connectivity index (χ3v) is 5.22. The van der Waals surface area contributed by atoms with E-state index in [9.17, 15) is 9.59 Å². The zero-order valence-corrected chi connectivity index (χ0v) is 15.4. The van der Waals surface area contributed by atoms with E-state index in [-0.39, 0.29) is 11.8 Å². The Morgan fingerprint density at radius 2 is 1.00 bits per heavy atom. The van der Waals surface area contributed by atoms with E-state index in [0.29, 0.717) is 42.9 Å². The van der Waals surface area contributed by atoms with Crippen molar-refractivity contribution in [3.05, 3.63) is 0 Å². The fourth-order valence-corrected chi connectivity index (χ4v) is 4.44. The lowest BCUT2D eigenvalue weighted by atomic mass is 9.91. The second-order valence-corrected chi connectivity index (χ2v) is 8.34. The average Bonchev–Trinajstić information content (AvgIpc) is 2.44. The van der Waals surface area contributed by atoms with E-state index < -0.39 is 0 Å². The molecule has 132 valence electrons. The topological polar surface area (TPSA) is 40.6 Å². The zero-order chi connectivity index (χ0) is 17.0. The van der Waals surface area contributed by atoms with Crippen molar-refractivity contribution in [2.45, 2.75) is 59.8 Å². The maximum Gasteiger partial charge on any atom is 0.222 e. The average molecular weight is 322 g/mol. The number of carbonyl (C=O) groups excluding carboxylic acids is 2. The first-order chi connectivity index (χ1) is 10.8. The summed E-state index contributed by atoms with van der Waals surface area (Å²) in [5, 5.41) is 0. The van der Waals surface area contributed by atoms with Crippen molar-refractivity contribution >= 4 is 11.8 Å². The molecule has 2 amide bonds. The van der Waals surface area contributed by atoms with Crippen LogP contribution in [0.25, 0.3) is 0 Å². The molecule has 4 heteroatoms. The van der Waals surface area contributed by atoms with Gasteiger partial charge in [-0.2, -0.15) is 0 Å². The second-order valence-electron chi connectivity index (χ2n) is 8.34. The molecule has 0 spiro atoms. The summed E-state index contributed by atoms with van der Waals surface area (Å²) in [7, 11) is 0. The van der Waals surface area contributed by atoms with Gasteiger partial charge in [-0.05, 0) is 42.9 Å². The number of hydrogen-bond donors (Lipinski definition) is 0. The van der Waals surface area contributed by atoms with Crippen LogP contribution >= 0.6 is 0 Å². The third-order valence-electron chi connectivity index (χ3n) is 5.22. The van der Waals surface area contributed by atoms with Gasteiger partial charge < -0.3 is 9.80 Å². The van der Waals surface area contributed by atoms with Crippen LogP contribution in [0, 0.1) is 23.7 Å². The fourth-order valence-electron chi connectivity index (χ4n) is 4.44. The molecule has 0 aromatic carbocycles. The molecule has 23 heavy (non-hydrogen) atoms. The highest BCUT2D eigenvalue weighted by Crippen LogP contribution is 2.23. The maximum absolute atomic E-state index is 12.4. The van der Waals surface area contributed by atoms with Gasteiger partial charge in [-0.1, -0.05) is 27.7 Å². The van der Waals surface area contributed by atoms with Gasteiger partial charge >= 0.3 is 0 Å². The summed E-state index contributed by atoms with van der Waals surface area (Å²) < 4.78 is 0. The summed E-state index contributed by atoms with van der Waals surface area (Å²) in [6.45, 7) is 12.4. The first kappa shape index (κ1) is 18.3. The molecule has 2 aliphatic heterocycles. The van der Waals surface area contributed by atoms with Crippen molar-refractivity contribution < 1.29 is 9.59 Å². The number of nitrogens with zero attached hydrogens (tertiary/aromatic N) is 2. The molecule has 2 heterocycles. The molecular weight excluding hydrogens is 288 g/mol. The Balaban J connectivity index is 1.71. The molecule has 4 nitrogen and oxygen atoms in total. The number of piperidine rings is 2. The fraction of sp³-hybridized carbons (Fsp3) is 0.895. The molecule has 0 aromatic heterocycles. The van der Waals surface area contributed by atoms with E-state index in [4.69, 9.17) is 0 Å². The van der Waals surface area contributed by atoms with Gasteiger partial charge in [-0.25, -0.2) is 0 Å². The van der Waals surface area contributed by atoms with E-state index in [1.165, 1.54) is 12.8 Å².